The molecule has 1 N–H and O–H groups in total. The molecule has 0 aromatic rings. The van der Waals surface area contributed by atoms with Gasteiger partial charge in [-0.05, 0) is 79.2 Å². The van der Waals surface area contributed by atoms with Crippen LogP contribution in [0, 0.1) is 5.41 Å². The average molecular weight is 613 g/mol. The molecular weight excluding hydrogens is 552 g/mol. The largest absolute Gasteiger partial charge is 0.386 e. The first-order chi connectivity index (χ1) is 21.1. The van der Waals surface area contributed by atoms with E-state index in [2.05, 4.69) is 127 Å². The minimum absolute atomic E-state index is 0.127. The highest BCUT2D eigenvalue weighted by atomic mass is 16.5. The van der Waals surface area contributed by atoms with Crippen molar-refractivity contribution in [1.82, 2.24) is 0 Å². The molecule has 246 valence electrons. The Morgan fingerprint density at radius 3 is 1.58 bits per heavy atom. The molecule has 0 radical (unpaired) electrons. The molecule has 0 bridgehead atoms. The van der Waals surface area contributed by atoms with Crippen LogP contribution in [0.3, 0.4) is 0 Å². The molecular formula is C42H60O3. The number of rotatable bonds is 15. The van der Waals surface area contributed by atoms with E-state index in [-0.39, 0.29) is 5.41 Å². The van der Waals surface area contributed by atoms with Crippen molar-refractivity contribution in [3.63, 3.8) is 0 Å². The molecule has 0 fully saturated rings. The number of aliphatic hydroxyl groups is 1. The van der Waals surface area contributed by atoms with E-state index in [0.29, 0.717) is 6.10 Å². The molecule has 3 nitrogen and oxygen atoms in total. The molecule has 0 spiro atoms. The van der Waals surface area contributed by atoms with E-state index in [9.17, 15) is 5.11 Å². The molecule has 3 heteroatoms. The highest BCUT2D eigenvalue weighted by Gasteiger charge is 2.32. The first kappa shape index (κ1) is 39.8. The van der Waals surface area contributed by atoms with Crippen LogP contribution in [0.2, 0.25) is 0 Å². The summed E-state index contributed by atoms with van der Waals surface area (Å²) in [6, 6.07) is 0. The van der Waals surface area contributed by atoms with Gasteiger partial charge in [-0.2, -0.15) is 0 Å². The molecule has 0 saturated carbocycles. The highest BCUT2D eigenvalue weighted by Crippen LogP contribution is 2.41. The maximum absolute atomic E-state index is 10.2. The molecule has 1 rings (SSSR count). The first-order valence-electron chi connectivity index (χ1n) is 16.0. The summed E-state index contributed by atoms with van der Waals surface area (Å²) < 4.78 is 11.0. The molecule has 0 aromatic carbocycles. The Hall–Kier alpha value is -3.24. The summed E-state index contributed by atoms with van der Waals surface area (Å²) in [5.41, 5.74) is 8.18. The maximum Gasteiger partial charge on any atom is 0.101 e. The Kier molecular flexibility index (Phi) is 17.7. The van der Waals surface area contributed by atoms with Gasteiger partial charge in [-0.15, -0.1) is 0 Å². The van der Waals surface area contributed by atoms with Gasteiger partial charge in [0.2, 0.25) is 0 Å². The lowest BCUT2D eigenvalue weighted by atomic mass is 9.71. The monoisotopic (exact) mass is 612 g/mol. The Labute approximate surface area is 275 Å². The first-order valence-corrected chi connectivity index (χ1v) is 16.0. The predicted octanol–water partition coefficient (Wildman–Crippen LogP) is 11.0. The second-order valence-corrected chi connectivity index (χ2v) is 13.3. The summed E-state index contributed by atoms with van der Waals surface area (Å²) in [7, 11) is 3.42. The second-order valence-electron chi connectivity index (χ2n) is 13.3. The van der Waals surface area contributed by atoms with E-state index in [1.54, 1.807) is 13.2 Å². The van der Waals surface area contributed by atoms with Crippen molar-refractivity contribution in [1.29, 1.82) is 0 Å². The van der Waals surface area contributed by atoms with E-state index >= 15 is 0 Å². The third-order valence-corrected chi connectivity index (χ3v) is 8.07. The minimum atomic E-state index is -0.665. The van der Waals surface area contributed by atoms with Crippen LogP contribution >= 0.6 is 0 Å². The summed E-state index contributed by atoms with van der Waals surface area (Å²) in [5, 5.41) is 10.2. The average Bonchev–Trinajstić information content (AvgIpc) is 2.97. The predicted molar refractivity (Wildman–Crippen MR) is 197 cm³/mol. The van der Waals surface area contributed by atoms with Crippen molar-refractivity contribution >= 4 is 0 Å². The summed E-state index contributed by atoms with van der Waals surface area (Å²) in [6.07, 6.45) is 37.0. The molecule has 1 aliphatic carbocycles. The van der Waals surface area contributed by atoms with Gasteiger partial charge in [-0.25, -0.2) is 0 Å². The summed E-state index contributed by atoms with van der Waals surface area (Å²) in [6.45, 7) is 21.0. The number of hydrogen-bond donors (Lipinski definition) is 1. The number of allylic oxidation sites excluding steroid dienone is 22. The van der Waals surface area contributed by atoms with E-state index in [1.807, 2.05) is 46.1 Å². The lowest BCUT2D eigenvalue weighted by Crippen LogP contribution is -2.36. The molecule has 0 aromatic heterocycles. The molecule has 45 heavy (non-hydrogen) atoms. The van der Waals surface area contributed by atoms with E-state index in [0.717, 1.165) is 24.0 Å². The van der Waals surface area contributed by atoms with Gasteiger partial charge in [0, 0.05) is 14.2 Å². The fourth-order valence-corrected chi connectivity index (χ4v) is 4.87. The smallest absolute Gasteiger partial charge is 0.101 e. The quantitative estimate of drug-likeness (QED) is 0.187. The summed E-state index contributed by atoms with van der Waals surface area (Å²) >= 11 is 0. The number of ether oxygens (including phenoxy) is 2. The van der Waals surface area contributed by atoms with Crippen LogP contribution in [0.4, 0.5) is 0 Å². The fraction of sp³-hybridized carbons (Fsp3) is 0.429. The zero-order chi connectivity index (χ0) is 34.0. The van der Waals surface area contributed by atoms with E-state index < -0.39 is 11.7 Å². The number of hydrogen-bond acceptors (Lipinski definition) is 3. The van der Waals surface area contributed by atoms with Crippen LogP contribution in [0.25, 0.3) is 0 Å². The normalized spacial score (nSPS) is 20.9. The third-order valence-electron chi connectivity index (χ3n) is 8.07. The van der Waals surface area contributed by atoms with Crippen molar-refractivity contribution in [3.05, 3.63) is 142 Å². The van der Waals surface area contributed by atoms with Gasteiger partial charge < -0.3 is 14.6 Å². The van der Waals surface area contributed by atoms with Crippen LogP contribution in [0.5, 0.6) is 0 Å². The minimum Gasteiger partial charge on any atom is -0.386 e. The van der Waals surface area contributed by atoms with Crippen LogP contribution in [-0.2, 0) is 9.47 Å². The highest BCUT2D eigenvalue weighted by molar-refractivity contribution is 5.38. The molecule has 1 aliphatic rings. The number of aliphatic hydroxyl groups excluding tert-OH is 1. The Balaban J connectivity index is 2.65. The van der Waals surface area contributed by atoms with E-state index in [1.165, 1.54) is 27.9 Å². The second kappa shape index (κ2) is 20.0. The lowest BCUT2D eigenvalue weighted by Gasteiger charge is -2.37. The zero-order valence-corrected chi connectivity index (χ0v) is 30.1. The molecule has 0 aliphatic heterocycles. The zero-order valence-electron chi connectivity index (χ0n) is 30.1. The van der Waals surface area contributed by atoms with Crippen molar-refractivity contribution in [2.24, 2.45) is 5.41 Å². The van der Waals surface area contributed by atoms with Gasteiger partial charge >= 0.3 is 0 Å². The van der Waals surface area contributed by atoms with Crippen LogP contribution < -0.4 is 0 Å². The summed E-state index contributed by atoms with van der Waals surface area (Å²) in [4.78, 5) is 0. The molecule has 0 amide bonds. The van der Waals surface area contributed by atoms with Gasteiger partial charge in [0.05, 0.1) is 11.7 Å². The van der Waals surface area contributed by atoms with Crippen molar-refractivity contribution < 1.29 is 14.6 Å². The molecule has 0 saturated heterocycles. The summed E-state index contributed by atoms with van der Waals surface area (Å²) in [5.74, 6) is 0. The standard InChI is InChI=1S/C42H60O3/c1-32(20-15-22-34(3)23-17-25-36(5)27-29-40(43)42(9,10)45-12)18-13-14-19-33(2)21-16-24-35(4)26-28-39-37(6)30-38(44-11)31-41(39,7)8/h13-29,38,40,43H,30-31H2,1-12H3/b14-13+,20-15+,21-16+,23-17+,28-26+,29-27+,32-18+,33-19+,34-22+,35-24+,36-25+/t38-,40?/m0/s1. The third kappa shape index (κ3) is 16.1. The topological polar surface area (TPSA) is 38.7 Å². The van der Waals surface area contributed by atoms with Crippen molar-refractivity contribution in [3.8, 4) is 0 Å². The van der Waals surface area contributed by atoms with Gasteiger partial charge in [-0.1, -0.05) is 151 Å². The van der Waals surface area contributed by atoms with Gasteiger partial charge in [-0.3, -0.25) is 0 Å². The molecule has 1 unspecified atom stereocenters. The molecule has 2 atom stereocenters. The SMILES string of the molecule is CO[C@H]1CC(C)=C(/C=C/C(C)=C/C=C/C(C)=C/C=C/C=C(C)/C=C/C=C(C)/C=C/C=C(C)/C=C/C(O)C(C)(C)OC)C(C)(C)C1. The van der Waals surface area contributed by atoms with Gasteiger partial charge in [0.1, 0.15) is 6.10 Å². The Morgan fingerprint density at radius 2 is 1.16 bits per heavy atom. The van der Waals surface area contributed by atoms with Crippen molar-refractivity contribution in [2.75, 3.05) is 14.2 Å². The number of methoxy groups -OCH3 is 2. The Morgan fingerprint density at radius 1 is 0.733 bits per heavy atom. The van der Waals surface area contributed by atoms with Gasteiger partial charge in [0.25, 0.3) is 0 Å². The Bertz CT molecular complexity index is 1320. The van der Waals surface area contributed by atoms with Crippen LogP contribution in [0.15, 0.2) is 142 Å². The van der Waals surface area contributed by atoms with Crippen LogP contribution in [-0.4, -0.2) is 37.1 Å². The maximum atomic E-state index is 10.2. The lowest BCUT2D eigenvalue weighted by molar-refractivity contribution is -0.0562. The molecule has 0 heterocycles. The van der Waals surface area contributed by atoms with E-state index in [4.69, 9.17) is 9.47 Å². The van der Waals surface area contributed by atoms with Crippen molar-refractivity contribution in [2.45, 2.75) is 99.9 Å². The van der Waals surface area contributed by atoms with Crippen LogP contribution in [0.1, 0.15) is 82.1 Å². The fourth-order valence-electron chi connectivity index (χ4n) is 4.87. The van der Waals surface area contributed by atoms with Gasteiger partial charge in [0.15, 0.2) is 0 Å².